The van der Waals surface area contributed by atoms with Crippen LogP contribution in [0.5, 0.6) is 5.75 Å². The van der Waals surface area contributed by atoms with Crippen LogP contribution >= 0.6 is 0 Å². The molecule has 0 bridgehead atoms. The lowest BCUT2D eigenvalue weighted by molar-refractivity contribution is -0.137. The molecule has 0 amide bonds. The molecule has 0 saturated heterocycles. The number of hydrogen-bond donors (Lipinski definition) is 0. The Morgan fingerprint density at radius 2 is 1.76 bits per heavy atom. The summed E-state index contributed by atoms with van der Waals surface area (Å²) in [5.41, 5.74) is 0.187. The lowest BCUT2D eigenvalue weighted by atomic mass is 9.96. The number of fused-ring (bicyclic) bond motifs is 1. The van der Waals surface area contributed by atoms with Gasteiger partial charge in [-0.3, -0.25) is 4.79 Å². The summed E-state index contributed by atoms with van der Waals surface area (Å²) in [4.78, 5) is 11.7. The summed E-state index contributed by atoms with van der Waals surface area (Å²) in [6.45, 7) is 0.260. The largest absolute Gasteiger partial charge is 0.492 e. The molecule has 0 fully saturated rings. The summed E-state index contributed by atoms with van der Waals surface area (Å²) < 4.78 is 44.5. The van der Waals surface area contributed by atoms with E-state index in [1.54, 1.807) is 6.07 Å². The van der Waals surface area contributed by atoms with Gasteiger partial charge < -0.3 is 4.74 Å². The predicted molar refractivity (Wildman–Crippen MR) is 71.3 cm³/mol. The number of carbonyl (C=O) groups is 1. The fourth-order valence-electron chi connectivity index (χ4n) is 2.41. The molecule has 0 radical (unpaired) electrons. The van der Waals surface area contributed by atoms with Gasteiger partial charge >= 0.3 is 6.18 Å². The Balaban J connectivity index is 2.12. The number of carbonyl (C=O) groups excluding carboxylic acids is 1. The van der Waals surface area contributed by atoms with Gasteiger partial charge in [0.05, 0.1) is 17.7 Å². The van der Waals surface area contributed by atoms with E-state index < -0.39 is 11.7 Å². The van der Waals surface area contributed by atoms with E-state index in [0.29, 0.717) is 23.3 Å². The van der Waals surface area contributed by atoms with Gasteiger partial charge in [0.2, 0.25) is 0 Å². The van der Waals surface area contributed by atoms with Crippen molar-refractivity contribution >= 4 is 5.78 Å². The summed E-state index contributed by atoms with van der Waals surface area (Å²) in [6.07, 6.45) is -4.13. The fourth-order valence-corrected chi connectivity index (χ4v) is 2.41. The molecule has 0 aliphatic carbocycles. The molecule has 2 aromatic rings. The highest BCUT2D eigenvalue weighted by atomic mass is 19.4. The van der Waals surface area contributed by atoms with Gasteiger partial charge in [0.25, 0.3) is 0 Å². The molecule has 0 atom stereocenters. The second kappa shape index (κ2) is 4.91. The van der Waals surface area contributed by atoms with Gasteiger partial charge in [-0.1, -0.05) is 24.3 Å². The Hall–Kier alpha value is -2.30. The van der Waals surface area contributed by atoms with Gasteiger partial charge in [0, 0.05) is 6.42 Å². The van der Waals surface area contributed by atoms with Gasteiger partial charge in [0.15, 0.2) is 5.78 Å². The quantitative estimate of drug-likeness (QED) is 0.781. The Kier molecular flexibility index (Phi) is 3.20. The second-order valence-electron chi connectivity index (χ2n) is 4.78. The molecular weight excluding hydrogens is 281 g/mol. The highest BCUT2D eigenvalue weighted by Crippen LogP contribution is 2.38. The Morgan fingerprint density at radius 1 is 1.00 bits per heavy atom. The van der Waals surface area contributed by atoms with E-state index in [4.69, 9.17) is 4.74 Å². The van der Waals surface area contributed by atoms with Gasteiger partial charge in [0.1, 0.15) is 5.75 Å². The highest BCUT2D eigenvalue weighted by Gasteiger charge is 2.33. The number of benzene rings is 2. The first kappa shape index (κ1) is 13.7. The van der Waals surface area contributed by atoms with Gasteiger partial charge in [-0.15, -0.1) is 0 Å². The normalized spacial score (nSPS) is 14.5. The van der Waals surface area contributed by atoms with E-state index in [0.717, 1.165) is 6.07 Å². The molecule has 3 rings (SSSR count). The zero-order valence-corrected chi connectivity index (χ0v) is 10.9. The fraction of sp³-hybridized carbons (Fsp3) is 0.188. The van der Waals surface area contributed by atoms with Crippen LogP contribution in [0.4, 0.5) is 13.2 Å². The van der Waals surface area contributed by atoms with Crippen molar-refractivity contribution < 1.29 is 22.7 Å². The first-order chi connectivity index (χ1) is 9.97. The van der Waals surface area contributed by atoms with Crippen molar-refractivity contribution in [2.24, 2.45) is 0 Å². The van der Waals surface area contributed by atoms with Crippen molar-refractivity contribution in [1.82, 2.24) is 0 Å². The van der Waals surface area contributed by atoms with E-state index in [1.807, 2.05) is 0 Å². The maximum absolute atomic E-state index is 13.0. The minimum absolute atomic E-state index is 0.0492. The summed E-state index contributed by atoms with van der Waals surface area (Å²) in [5.74, 6) is 0.299. The average molecular weight is 292 g/mol. The number of hydrogen-bond acceptors (Lipinski definition) is 2. The lowest BCUT2D eigenvalue weighted by Gasteiger charge is -2.18. The van der Waals surface area contributed by atoms with Crippen LogP contribution in [0.2, 0.25) is 0 Å². The van der Waals surface area contributed by atoms with E-state index in [9.17, 15) is 18.0 Å². The van der Waals surface area contributed by atoms with Crippen LogP contribution < -0.4 is 4.74 Å². The first-order valence-electron chi connectivity index (χ1n) is 6.43. The summed E-state index contributed by atoms with van der Waals surface area (Å²) >= 11 is 0. The third kappa shape index (κ3) is 2.51. The molecule has 1 aliphatic heterocycles. The molecule has 21 heavy (non-hydrogen) atoms. The minimum Gasteiger partial charge on any atom is -0.492 e. The Labute approximate surface area is 119 Å². The number of ether oxygens (including phenoxy) is 1. The molecule has 5 heteroatoms. The lowest BCUT2D eigenvalue weighted by Crippen LogP contribution is -2.15. The van der Waals surface area contributed by atoms with Crippen LogP contribution in [0.3, 0.4) is 0 Å². The van der Waals surface area contributed by atoms with Gasteiger partial charge in [-0.25, -0.2) is 0 Å². The van der Waals surface area contributed by atoms with Crippen LogP contribution in [-0.4, -0.2) is 12.4 Å². The number of Topliss-reactive ketones (excluding diaryl/α,β-unsaturated/α-hetero) is 1. The van der Waals surface area contributed by atoms with Gasteiger partial charge in [-0.2, -0.15) is 13.2 Å². The third-order valence-corrected chi connectivity index (χ3v) is 3.41. The van der Waals surface area contributed by atoms with E-state index in [1.165, 1.54) is 30.3 Å². The summed E-state index contributed by atoms with van der Waals surface area (Å²) in [6, 6.07) is 9.91. The molecule has 2 nitrogen and oxygen atoms in total. The SMILES string of the molecule is O=C1CCOc2cc(-c3ccccc3C(F)(F)F)ccc21. The van der Waals surface area contributed by atoms with Crippen LogP contribution in [0, 0.1) is 0 Å². The first-order valence-corrected chi connectivity index (χ1v) is 6.43. The topological polar surface area (TPSA) is 26.3 Å². The number of rotatable bonds is 1. The number of ketones is 1. The number of alkyl halides is 3. The van der Waals surface area contributed by atoms with E-state index in [2.05, 4.69) is 0 Å². The van der Waals surface area contributed by atoms with Crippen molar-refractivity contribution in [3.05, 3.63) is 53.6 Å². The van der Waals surface area contributed by atoms with Crippen LogP contribution in [-0.2, 0) is 6.18 Å². The second-order valence-corrected chi connectivity index (χ2v) is 4.78. The molecule has 2 aromatic carbocycles. The maximum atomic E-state index is 13.0. The molecule has 0 aromatic heterocycles. The Morgan fingerprint density at radius 3 is 2.52 bits per heavy atom. The smallest absolute Gasteiger partial charge is 0.417 e. The standard InChI is InChI=1S/C16H11F3O2/c17-16(18,19)13-4-2-1-3-11(13)10-5-6-12-14(20)7-8-21-15(12)9-10/h1-6,9H,7-8H2. The summed E-state index contributed by atoms with van der Waals surface area (Å²) in [7, 11) is 0. The van der Waals surface area contributed by atoms with Gasteiger partial charge in [-0.05, 0) is 29.3 Å². The average Bonchev–Trinajstić information content (AvgIpc) is 2.46. The van der Waals surface area contributed by atoms with Crippen LogP contribution in [0.1, 0.15) is 22.3 Å². The van der Waals surface area contributed by atoms with Crippen molar-refractivity contribution in [2.75, 3.05) is 6.61 Å². The van der Waals surface area contributed by atoms with Crippen LogP contribution in [0.25, 0.3) is 11.1 Å². The van der Waals surface area contributed by atoms with Crippen molar-refractivity contribution in [3.63, 3.8) is 0 Å². The zero-order chi connectivity index (χ0) is 15.0. The molecule has 0 N–H and O–H groups in total. The molecule has 0 spiro atoms. The van der Waals surface area contributed by atoms with Crippen molar-refractivity contribution in [1.29, 1.82) is 0 Å². The predicted octanol–water partition coefficient (Wildman–Crippen LogP) is 4.34. The maximum Gasteiger partial charge on any atom is 0.417 e. The molecular formula is C16H11F3O2. The Bertz CT molecular complexity index is 705. The molecule has 0 unspecified atom stereocenters. The highest BCUT2D eigenvalue weighted by molar-refractivity contribution is 6.00. The molecule has 0 saturated carbocycles. The van der Waals surface area contributed by atoms with E-state index >= 15 is 0 Å². The van der Waals surface area contributed by atoms with E-state index in [-0.39, 0.29) is 18.0 Å². The zero-order valence-electron chi connectivity index (χ0n) is 10.9. The third-order valence-electron chi connectivity index (χ3n) is 3.41. The van der Waals surface area contributed by atoms with Crippen LogP contribution in [0.15, 0.2) is 42.5 Å². The molecule has 1 heterocycles. The monoisotopic (exact) mass is 292 g/mol. The molecule has 1 aliphatic rings. The number of halogens is 3. The van der Waals surface area contributed by atoms with Crippen molar-refractivity contribution in [2.45, 2.75) is 12.6 Å². The summed E-state index contributed by atoms with van der Waals surface area (Å²) in [5, 5.41) is 0. The minimum atomic E-state index is -4.43. The van der Waals surface area contributed by atoms with Crippen molar-refractivity contribution in [3.8, 4) is 16.9 Å². The molecule has 108 valence electrons.